The molecule has 36 heavy (non-hydrogen) atoms. The Balaban J connectivity index is 1.42. The van der Waals surface area contributed by atoms with E-state index in [4.69, 9.17) is 10.8 Å². The number of rotatable bonds is 4. The van der Waals surface area contributed by atoms with Gasteiger partial charge in [0.1, 0.15) is 23.7 Å². The van der Waals surface area contributed by atoms with Crippen LogP contribution < -0.4 is 16.4 Å². The molecule has 0 radical (unpaired) electrons. The molecule has 1 saturated heterocycles. The Hall–Kier alpha value is -4.06. The number of carbonyl (C=O) groups excluding carboxylic acids is 1. The number of nitrogens with one attached hydrogen (secondary N) is 2. The molecule has 0 bridgehead atoms. The number of benzene rings is 1. The second kappa shape index (κ2) is 9.19. The number of nitrogen functional groups attached to an aromatic ring is 1. The molecule has 1 unspecified atom stereocenters. The maximum absolute atomic E-state index is 12.9. The average molecular weight is 496 g/mol. The van der Waals surface area contributed by atoms with Gasteiger partial charge in [-0.1, -0.05) is 12.1 Å². The molecule has 1 fully saturated rings. The van der Waals surface area contributed by atoms with E-state index < -0.39 is 17.6 Å². The van der Waals surface area contributed by atoms with Crippen molar-refractivity contribution in [2.75, 3.05) is 17.6 Å². The Bertz CT molecular complexity index is 1410. The smallest absolute Gasteiger partial charge is 0.383 e. The highest BCUT2D eigenvalue weighted by Crippen LogP contribution is 2.34. The number of piperidine rings is 1. The van der Waals surface area contributed by atoms with E-state index >= 15 is 0 Å². The van der Waals surface area contributed by atoms with Crippen LogP contribution in [-0.2, 0) is 6.18 Å². The number of nitrogens with zero attached hydrogens (tertiary/aromatic N) is 5. The number of nitrogens with two attached hydrogens (primary N) is 1. The molecule has 4 N–H and O–H groups in total. The lowest BCUT2D eigenvalue weighted by atomic mass is 10.0. The number of fused-ring (bicyclic) bond motifs is 1. The van der Waals surface area contributed by atoms with Gasteiger partial charge in [0.2, 0.25) is 0 Å². The van der Waals surface area contributed by atoms with Crippen LogP contribution in [0.15, 0.2) is 48.9 Å². The normalized spacial score (nSPS) is 18.3. The largest absolute Gasteiger partial charge is 0.416 e. The van der Waals surface area contributed by atoms with E-state index in [1.165, 1.54) is 6.33 Å². The third kappa shape index (κ3) is 4.59. The molecule has 0 saturated carbocycles. The molecule has 0 spiro atoms. The molecular weight excluding hydrogens is 473 g/mol. The Kier molecular flexibility index (Phi) is 6.04. The Morgan fingerprint density at radius 1 is 1.14 bits per heavy atom. The van der Waals surface area contributed by atoms with E-state index in [0.717, 1.165) is 37.7 Å². The average Bonchev–Trinajstić information content (AvgIpc) is 3.25. The van der Waals surface area contributed by atoms with Crippen molar-refractivity contribution in [3.05, 3.63) is 60.0 Å². The topological polar surface area (TPSA) is 124 Å². The molecule has 1 aliphatic heterocycles. The second-order valence-corrected chi connectivity index (χ2v) is 8.75. The van der Waals surface area contributed by atoms with Gasteiger partial charge in [0.15, 0.2) is 5.65 Å². The van der Waals surface area contributed by atoms with Gasteiger partial charge in [-0.25, -0.2) is 19.6 Å². The van der Waals surface area contributed by atoms with Crippen LogP contribution in [0.25, 0.3) is 22.3 Å². The standard InChI is InChI=1S/C24H23F3N8O/c1-13-2-7-17(11-30-13)35-22-19(21(28)31-12-32-22)20(34-35)14-3-5-15(6-4-14)23(36)33-18-10-16(8-9-29-18)24(25,26)27/h3-6,8-10,12-13,17,30H,2,7,11H2,1H3,(H2,28,31,32)(H,29,33,36)/t13-,17?/m0/s1. The van der Waals surface area contributed by atoms with Gasteiger partial charge in [-0.05, 0) is 44.0 Å². The molecule has 12 heteroatoms. The zero-order valence-corrected chi connectivity index (χ0v) is 19.3. The lowest BCUT2D eigenvalue weighted by molar-refractivity contribution is -0.137. The van der Waals surface area contributed by atoms with Crippen LogP contribution in [-0.4, -0.2) is 43.2 Å². The molecule has 5 rings (SSSR count). The van der Waals surface area contributed by atoms with Crippen molar-refractivity contribution in [1.82, 2.24) is 30.0 Å². The van der Waals surface area contributed by atoms with Crippen LogP contribution >= 0.6 is 0 Å². The summed E-state index contributed by atoms with van der Waals surface area (Å²) in [7, 11) is 0. The maximum atomic E-state index is 12.9. The molecule has 1 amide bonds. The first-order valence-corrected chi connectivity index (χ1v) is 11.4. The number of halogens is 3. The third-order valence-corrected chi connectivity index (χ3v) is 6.25. The summed E-state index contributed by atoms with van der Waals surface area (Å²) in [5.74, 6) is -0.478. The fourth-order valence-corrected chi connectivity index (χ4v) is 4.29. The highest BCUT2D eigenvalue weighted by molar-refractivity contribution is 6.04. The first kappa shape index (κ1) is 23.7. The highest BCUT2D eigenvalue weighted by Gasteiger charge is 2.31. The van der Waals surface area contributed by atoms with Crippen molar-refractivity contribution in [3.63, 3.8) is 0 Å². The first-order chi connectivity index (χ1) is 17.2. The minimum Gasteiger partial charge on any atom is -0.383 e. The molecular formula is C24H23F3N8O. The minimum atomic E-state index is -4.53. The molecule has 4 heterocycles. The van der Waals surface area contributed by atoms with E-state index in [2.05, 4.69) is 32.5 Å². The summed E-state index contributed by atoms with van der Waals surface area (Å²) in [5, 5.41) is 11.3. The third-order valence-electron chi connectivity index (χ3n) is 6.25. The fraction of sp³-hybridized carbons (Fsp3) is 0.292. The zero-order valence-electron chi connectivity index (χ0n) is 19.3. The highest BCUT2D eigenvalue weighted by atomic mass is 19.4. The number of aromatic nitrogens is 5. The van der Waals surface area contributed by atoms with Gasteiger partial charge in [-0.2, -0.15) is 18.3 Å². The summed E-state index contributed by atoms with van der Waals surface area (Å²) in [4.78, 5) is 25.0. The zero-order chi connectivity index (χ0) is 25.4. The molecule has 2 atom stereocenters. The van der Waals surface area contributed by atoms with Crippen LogP contribution in [0.3, 0.4) is 0 Å². The van der Waals surface area contributed by atoms with Crippen molar-refractivity contribution >= 4 is 28.6 Å². The van der Waals surface area contributed by atoms with Crippen molar-refractivity contribution in [2.45, 2.75) is 38.0 Å². The molecule has 186 valence electrons. The van der Waals surface area contributed by atoms with E-state index in [1.54, 1.807) is 24.3 Å². The van der Waals surface area contributed by atoms with Crippen molar-refractivity contribution in [3.8, 4) is 11.3 Å². The fourth-order valence-electron chi connectivity index (χ4n) is 4.29. The Morgan fingerprint density at radius 3 is 2.61 bits per heavy atom. The summed E-state index contributed by atoms with van der Waals surface area (Å²) in [6.07, 6.45) is -0.178. The number of amides is 1. The summed E-state index contributed by atoms with van der Waals surface area (Å²) < 4.78 is 40.7. The summed E-state index contributed by atoms with van der Waals surface area (Å²) in [6.45, 7) is 2.90. The molecule has 1 aliphatic rings. The lowest BCUT2D eigenvalue weighted by Gasteiger charge is -2.27. The van der Waals surface area contributed by atoms with Gasteiger partial charge in [0.25, 0.3) is 5.91 Å². The Morgan fingerprint density at radius 2 is 1.92 bits per heavy atom. The SMILES string of the molecule is C[C@H]1CCC(n2nc(-c3ccc(C(=O)Nc4cc(C(F)(F)F)ccn4)cc3)c3c(N)ncnc32)CN1. The molecule has 0 aliphatic carbocycles. The first-order valence-electron chi connectivity index (χ1n) is 11.4. The van der Waals surface area contributed by atoms with Crippen LogP contribution in [0.4, 0.5) is 24.8 Å². The number of pyridine rings is 1. The van der Waals surface area contributed by atoms with E-state index in [9.17, 15) is 18.0 Å². The molecule has 1 aromatic carbocycles. The van der Waals surface area contributed by atoms with Crippen molar-refractivity contribution in [1.29, 1.82) is 0 Å². The number of carbonyl (C=O) groups is 1. The van der Waals surface area contributed by atoms with Crippen molar-refractivity contribution in [2.24, 2.45) is 0 Å². The molecule has 4 aromatic rings. The van der Waals surface area contributed by atoms with Crippen LogP contribution in [0.5, 0.6) is 0 Å². The van der Waals surface area contributed by atoms with Gasteiger partial charge >= 0.3 is 6.18 Å². The number of hydrogen-bond acceptors (Lipinski definition) is 7. The van der Waals surface area contributed by atoms with E-state index in [0.29, 0.717) is 34.2 Å². The van der Waals surface area contributed by atoms with E-state index in [-0.39, 0.29) is 17.4 Å². The number of anilines is 2. The van der Waals surface area contributed by atoms with Gasteiger partial charge in [0, 0.05) is 29.9 Å². The molecule has 3 aromatic heterocycles. The number of hydrogen-bond donors (Lipinski definition) is 3. The summed E-state index contributed by atoms with van der Waals surface area (Å²) in [5.41, 5.74) is 7.47. The van der Waals surface area contributed by atoms with Crippen LogP contribution in [0.1, 0.15) is 41.7 Å². The Labute approximate surface area is 204 Å². The van der Waals surface area contributed by atoms with E-state index in [1.807, 2.05) is 4.68 Å². The lowest BCUT2D eigenvalue weighted by Crippen LogP contribution is -2.38. The van der Waals surface area contributed by atoms with Crippen LogP contribution in [0, 0.1) is 0 Å². The predicted octanol–water partition coefficient (Wildman–Crippen LogP) is 4.05. The van der Waals surface area contributed by atoms with Gasteiger partial charge in [-0.15, -0.1) is 0 Å². The van der Waals surface area contributed by atoms with Gasteiger partial charge in [-0.3, -0.25) is 4.79 Å². The minimum absolute atomic E-state index is 0.108. The second-order valence-electron chi connectivity index (χ2n) is 8.75. The number of alkyl halides is 3. The summed E-state index contributed by atoms with van der Waals surface area (Å²) in [6, 6.07) is 8.70. The van der Waals surface area contributed by atoms with Gasteiger partial charge < -0.3 is 16.4 Å². The monoisotopic (exact) mass is 496 g/mol. The summed E-state index contributed by atoms with van der Waals surface area (Å²) >= 11 is 0. The maximum Gasteiger partial charge on any atom is 0.416 e. The van der Waals surface area contributed by atoms with Crippen molar-refractivity contribution < 1.29 is 18.0 Å². The van der Waals surface area contributed by atoms with Crippen LogP contribution in [0.2, 0.25) is 0 Å². The van der Waals surface area contributed by atoms with Gasteiger partial charge in [0.05, 0.1) is 17.0 Å². The molecule has 9 nitrogen and oxygen atoms in total. The predicted molar refractivity (Wildman–Crippen MR) is 128 cm³/mol. The quantitative estimate of drug-likeness (QED) is 0.389.